The second-order valence-corrected chi connectivity index (χ2v) is 3.21. The van der Waals surface area contributed by atoms with E-state index in [4.69, 9.17) is 4.55 Å². The molecule has 0 saturated heterocycles. The molecule has 0 unspecified atom stereocenters. The minimum absolute atomic E-state index is 0. The van der Waals surface area contributed by atoms with Crippen molar-refractivity contribution in [3.63, 3.8) is 0 Å². The second-order valence-electron chi connectivity index (χ2n) is 1.64. The minimum Gasteiger partial charge on any atom is -0.286 e. The minimum atomic E-state index is -3.69. The molecule has 0 aliphatic rings. The zero-order chi connectivity index (χ0) is 6.62. The number of hydrogen-bond acceptors (Lipinski definition) is 2. The van der Waals surface area contributed by atoms with Crippen LogP contribution in [0.15, 0.2) is 0 Å². The quantitative estimate of drug-likeness (QED) is 0.700. The normalized spacial score (nSPS) is 10.4. The zero-order valence-electron chi connectivity index (χ0n) is 5.79. The van der Waals surface area contributed by atoms with Crippen LogP contribution in [0.3, 0.4) is 0 Å². The van der Waals surface area contributed by atoms with Gasteiger partial charge in [-0.1, -0.05) is 13.3 Å². The van der Waals surface area contributed by atoms with Crippen LogP contribution in [0.2, 0.25) is 0 Å². The summed E-state index contributed by atoms with van der Waals surface area (Å²) >= 11 is 0. The predicted molar refractivity (Wildman–Crippen MR) is 37.1 cm³/mol. The average molecular weight is 224 g/mol. The second kappa shape index (κ2) is 6.43. The average Bonchev–Trinajstić information content (AvgIpc) is 1.59. The third-order valence-electron chi connectivity index (χ3n) is 0.756. The summed E-state index contributed by atoms with van der Waals surface area (Å²) < 4.78 is 28.0. The van der Waals surface area contributed by atoms with Crippen molar-refractivity contribution < 1.29 is 13.0 Å². The van der Waals surface area contributed by atoms with Crippen molar-refractivity contribution in [2.75, 3.05) is 5.75 Å². The summed E-state index contributed by atoms with van der Waals surface area (Å²) in [6, 6.07) is 0. The molecule has 3 nitrogen and oxygen atoms in total. The van der Waals surface area contributed by atoms with E-state index in [0.717, 1.165) is 6.42 Å². The maximum atomic E-state index is 9.95. The van der Waals surface area contributed by atoms with Crippen LogP contribution in [0, 0.1) is 0 Å². The molecule has 0 rings (SSSR count). The van der Waals surface area contributed by atoms with Crippen molar-refractivity contribution >= 4 is 68.3 Å². The van der Waals surface area contributed by atoms with E-state index < -0.39 is 10.1 Å². The van der Waals surface area contributed by atoms with Crippen molar-refractivity contribution in [1.82, 2.24) is 0 Å². The van der Waals surface area contributed by atoms with Gasteiger partial charge in [-0.2, -0.15) is 8.42 Å². The number of rotatable bonds is 3. The van der Waals surface area contributed by atoms with Crippen LogP contribution < -0.4 is 0 Å². The fourth-order valence-electron chi connectivity index (χ4n) is 0.327. The molecule has 0 aliphatic heterocycles. The smallest absolute Gasteiger partial charge is 0.264 e. The van der Waals surface area contributed by atoms with Crippen LogP contribution in [0.1, 0.15) is 19.8 Å². The molecule has 0 spiro atoms. The fraction of sp³-hybridized carbons (Fsp3) is 1.00. The van der Waals surface area contributed by atoms with Gasteiger partial charge in [-0.05, 0) is 6.42 Å². The molecule has 0 aromatic heterocycles. The summed E-state index contributed by atoms with van der Waals surface area (Å²) in [6.07, 6.45) is 1.33. The Morgan fingerprint density at radius 2 is 1.89 bits per heavy atom. The molecule has 51 valence electrons. The Labute approximate surface area is 105 Å². The van der Waals surface area contributed by atoms with Crippen molar-refractivity contribution in [3.8, 4) is 0 Å². The van der Waals surface area contributed by atoms with Gasteiger partial charge in [-0.3, -0.25) is 4.55 Å². The van der Waals surface area contributed by atoms with Gasteiger partial charge in [0.05, 0.1) is 5.75 Å². The van der Waals surface area contributed by atoms with Gasteiger partial charge in [-0.25, -0.2) is 0 Å². The Balaban J connectivity index is 0. The van der Waals surface area contributed by atoms with Gasteiger partial charge in [0.25, 0.3) is 10.1 Å². The molecule has 0 aliphatic carbocycles. The monoisotopic (exact) mass is 223 g/mol. The Morgan fingerprint density at radius 3 is 2.00 bits per heavy atom. The SMILES string of the molecule is CCCCS(=O)(=O)O.[Rb]. The molecule has 0 atom stereocenters. The summed E-state index contributed by atoms with van der Waals surface area (Å²) in [4.78, 5) is 0. The molecule has 0 aromatic carbocycles. The Hall–Kier alpha value is 1.72. The van der Waals surface area contributed by atoms with Crippen LogP contribution in [0.4, 0.5) is 0 Å². The van der Waals surface area contributed by atoms with Crippen molar-refractivity contribution in [2.45, 2.75) is 19.8 Å². The van der Waals surface area contributed by atoms with Crippen LogP contribution in [-0.4, -0.2) is 76.9 Å². The van der Waals surface area contributed by atoms with Crippen molar-refractivity contribution in [2.24, 2.45) is 0 Å². The first kappa shape index (κ1) is 13.3. The molecule has 0 amide bonds. The molecule has 0 aromatic rings. The zero-order valence-corrected chi connectivity index (χ0v) is 11.5. The standard InChI is InChI=1S/C4H10O3S.Rb/c1-2-3-4-8(5,6)7;/h2-4H2,1H3,(H,5,6,7);. The first-order chi connectivity index (χ1) is 3.56. The van der Waals surface area contributed by atoms with Gasteiger partial charge in [0.2, 0.25) is 0 Å². The Kier molecular flexibility index (Phi) is 9.51. The Morgan fingerprint density at radius 1 is 1.44 bits per heavy atom. The number of unbranched alkanes of at least 4 members (excludes halogenated alkanes) is 1. The molecule has 0 saturated carbocycles. The van der Waals surface area contributed by atoms with E-state index in [9.17, 15) is 8.42 Å². The van der Waals surface area contributed by atoms with E-state index in [-0.39, 0.29) is 63.9 Å². The molecule has 0 heterocycles. The summed E-state index contributed by atoms with van der Waals surface area (Å²) in [6.45, 7) is 1.87. The van der Waals surface area contributed by atoms with Gasteiger partial charge in [0.1, 0.15) is 0 Å². The van der Waals surface area contributed by atoms with Crippen LogP contribution in [0.5, 0.6) is 0 Å². The first-order valence-electron chi connectivity index (χ1n) is 2.51. The maximum absolute atomic E-state index is 9.95. The molecule has 5 heteroatoms. The van der Waals surface area contributed by atoms with Gasteiger partial charge in [-0.15, -0.1) is 0 Å². The summed E-state index contributed by atoms with van der Waals surface area (Å²) in [5.41, 5.74) is 0. The van der Waals surface area contributed by atoms with Crippen LogP contribution in [0.25, 0.3) is 0 Å². The van der Waals surface area contributed by atoms with E-state index in [1.165, 1.54) is 0 Å². The Bertz CT molecular complexity index is 140. The summed E-state index contributed by atoms with van der Waals surface area (Å²) in [7, 11) is -3.69. The fourth-order valence-corrected chi connectivity index (χ4v) is 0.980. The van der Waals surface area contributed by atoms with E-state index in [2.05, 4.69) is 0 Å². The topological polar surface area (TPSA) is 54.4 Å². The van der Waals surface area contributed by atoms with Gasteiger partial charge >= 0.3 is 0 Å². The van der Waals surface area contributed by atoms with Crippen molar-refractivity contribution in [1.29, 1.82) is 0 Å². The van der Waals surface area contributed by atoms with Crippen LogP contribution >= 0.6 is 0 Å². The molecular weight excluding hydrogens is 214 g/mol. The third kappa shape index (κ3) is 12.8. The van der Waals surface area contributed by atoms with E-state index >= 15 is 0 Å². The van der Waals surface area contributed by atoms with E-state index in [1.54, 1.807) is 0 Å². The summed E-state index contributed by atoms with van der Waals surface area (Å²) in [5, 5.41) is 0. The van der Waals surface area contributed by atoms with E-state index in [1.807, 2.05) is 6.92 Å². The van der Waals surface area contributed by atoms with Gasteiger partial charge in [0.15, 0.2) is 0 Å². The maximum Gasteiger partial charge on any atom is 0.264 e. The van der Waals surface area contributed by atoms with Gasteiger partial charge < -0.3 is 0 Å². The van der Waals surface area contributed by atoms with Gasteiger partial charge in [0, 0.05) is 58.2 Å². The molecular formula is C4H10O3RbS. The predicted octanol–water partition coefficient (Wildman–Crippen LogP) is 0.294. The molecule has 9 heavy (non-hydrogen) atoms. The third-order valence-corrected chi connectivity index (χ3v) is 1.56. The largest absolute Gasteiger partial charge is 0.286 e. The number of hydrogen-bond donors (Lipinski definition) is 1. The molecule has 0 bridgehead atoms. The molecule has 0 fully saturated rings. The first-order valence-corrected chi connectivity index (χ1v) is 4.12. The van der Waals surface area contributed by atoms with Crippen LogP contribution in [-0.2, 0) is 10.1 Å². The van der Waals surface area contributed by atoms with E-state index in [0.29, 0.717) is 6.42 Å². The molecule has 1 N–H and O–H groups in total. The van der Waals surface area contributed by atoms with Crippen molar-refractivity contribution in [3.05, 3.63) is 0 Å². The summed E-state index contributed by atoms with van der Waals surface area (Å²) in [5.74, 6) is -0.108. The molecule has 1 radical (unpaired) electrons.